The van der Waals surface area contributed by atoms with E-state index in [1.807, 2.05) is 0 Å². The molecule has 0 heterocycles. The molecule has 0 spiro atoms. The molecule has 0 fully saturated rings. The molecule has 0 bridgehead atoms. The van der Waals surface area contributed by atoms with Gasteiger partial charge in [-0.25, -0.2) is 0 Å². The molecular weight excluding hydrogens is 216 g/mol. The molecule has 1 aliphatic rings. The normalized spacial score (nSPS) is 17.2. The molecule has 0 aliphatic heterocycles. The first-order valence-electron chi connectivity index (χ1n) is 6.26. The lowest BCUT2D eigenvalue weighted by Gasteiger charge is -2.14. The summed E-state index contributed by atoms with van der Waals surface area (Å²) in [5, 5.41) is 2.41. The number of hydrogen-bond donors (Lipinski definition) is 0. The molecule has 2 aromatic rings. The predicted molar refractivity (Wildman–Crippen MR) is 75.1 cm³/mol. The van der Waals surface area contributed by atoms with E-state index in [0.29, 0.717) is 4.05 Å². The highest BCUT2D eigenvalue weighted by Crippen LogP contribution is 2.40. The Hall–Kier alpha value is -1.05. The number of allylic oxidation sites excluding steroid dienone is 1. The zero-order chi connectivity index (χ0) is 11.7. The lowest BCUT2D eigenvalue weighted by Crippen LogP contribution is -2.04. The van der Waals surface area contributed by atoms with Gasteiger partial charge in [0.2, 0.25) is 0 Å². The molecule has 1 atom stereocenters. The van der Waals surface area contributed by atoms with E-state index in [1.54, 1.807) is 5.56 Å². The van der Waals surface area contributed by atoms with Crippen LogP contribution in [0.25, 0.3) is 11.6 Å². The largest absolute Gasteiger partial charge is 0.378 e. The van der Waals surface area contributed by atoms with Gasteiger partial charge in [-0.15, -0.1) is 0 Å². The number of rotatable bonds is 2. The summed E-state index contributed by atoms with van der Waals surface area (Å²) in [7, 11) is 0. The molecule has 0 nitrogen and oxygen atoms in total. The standard InChI is InChI=1S/C15H11.CH3.Mg/c1-2-6-12(7-3-1)15-10-13-8-4-5-9-14(13)11-15;;/h1-11H;1H3;. The number of hydrogen-bond acceptors (Lipinski definition) is 0. The average Bonchev–Trinajstić information content (AvgIpc) is 2.78. The third-order valence-corrected chi connectivity index (χ3v) is 5.27. The van der Waals surface area contributed by atoms with Crippen LogP contribution in [0, 0.1) is 0 Å². The number of benzene rings is 2. The van der Waals surface area contributed by atoms with Gasteiger partial charge >= 0.3 is 20.4 Å². The van der Waals surface area contributed by atoms with E-state index in [-0.39, 0.29) is 20.4 Å². The van der Waals surface area contributed by atoms with Crippen molar-refractivity contribution in [1.82, 2.24) is 0 Å². The average molecular weight is 231 g/mol. The molecule has 0 radical (unpaired) electrons. The Morgan fingerprint density at radius 1 is 0.882 bits per heavy atom. The summed E-state index contributed by atoms with van der Waals surface area (Å²) >= 11 is -0.0778. The Kier molecular flexibility index (Phi) is 3.04. The van der Waals surface area contributed by atoms with Gasteiger partial charge in [0.25, 0.3) is 0 Å². The smallest absolute Gasteiger partial charge is 0.155 e. The number of fused-ring (bicyclic) bond motifs is 1. The molecule has 2 aromatic carbocycles. The van der Waals surface area contributed by atoms with Crippen LogP contribution in [0.2, 0.25) is 5.05 Å². The highest BCUT2D eigenvalue weighted by molar-refractivity contribution is 6.41. The molecule has 80 valence electrons. The van der Waals surface area contributed by atoms with E-state index >= 15 is 0 Å². The predicted octanol–water partition coefficient (Wildman–Crippen LogP) is 4.03. The molecule has 1 unspecified atom stereocenters. The Morgan fingerprint density at radius 3 is 2.35 bits per heavy atom. The second-order valence-electron chi connectivity index (χ2n) is 4.56. The van der Waals surface area contributed by atoms with Gasteiger partial charge in [0.05, 0.1) is 0 Å². The Balaban J connectivity index is 2.09. The van der Waals surface area contributed by atoms with E-state index < -0.39 is 0 Å². The maximum atomic E-state index is 2.41. The van der Waals surface area contributed by atoms with Crippen LogP contribution >= 0.6 is 0 Å². The Morgan fingerprint density at radius 2 is 1.59 bits per heavy atom. The van der Waals surface area contributed by atoms with Gasteiger partial charge in [-0.1, -0.05) is 75.9 Å². The lowest BCUT2D eigenvalue weighted by molar-refractivity contribution is 1.24. The monoisotopic (exact) mass is 230 g/mol. The van der Waals surface area contributed by atoms with Gasteiger partial charge in [0, 0.05) is 0 Å². The minimum absolute atomic E-state index is 0.0778. The van der Waals surface area contributed by atoms with Crippen molar-refractivity contribution in [3.8, 4) is 0 Å². The summed E-state index contributed by atoms with van der Waals surface area (Å²) in [5.41, 5.74) is 5.88. The summed E-state index contributed by atoms with van der Waals surface area (Å²) in [6.45, 7) is 0. The summed E-state index contributed by atoms with van der Waals surface area (Å²) in [6.07, 6.45) is 2.38. The van der Waals surface area contributed by atoms with E-state index in [4.69, 9.17) is 0 Å². The molecule has 1 heteroatoms. The second kappa shape index (κ2) is 4.67. The van der Waals surface area contributed by atoms with Gasteiger partial charge in [-0.05, 0) is 11.1 Å². The van der Waals surface area contributed by atoms with Crippen molar-refractivity contribution in [2.75, 3.05) is 0 Å². The van der Waals surface area contributed by atoms with Crippen LogP contribution in [0.5, 0.6) is 0 Å². The van der Waals surface area contributed by atoms with Gasteiger partial charge in [0.1, 0.15) is 0 Å². The quantitative estimate of drug-likeness (QED) is 0.683. The maximum absolute atomic E-state index is 2.41. The minimum Gasteiger partial charge on any atom is -0.155 e. The third-order valence-electron chi connectivity index (χ3n) is 3.57. The zero-order valence-electron chi connectivity index (χ0n) is 10.1. The van der Waals surface area contributed by atoms with Crippen molar-refractivity contribution >= 4 is 32.0 Å². The van der Waals surface area contributed by atoms with E-state index in [1.165, 1.54) is 16.7 Å². The maximum Gasteiger partial charge on any atom is 0.378 e. The highest BCUT2D eigenvalue weighted by Gasteiger charge is 2.24. The van der Waals surface area contributed by atoms with Gasteiger partial charge in [-0.3, -0.25) is 0 Å². The van der Waals surface area contributed by atoms with Crippen molar-refractivity contribution in [2.45, 2.75) is 9.10 Å². The van der Waals surface area contributed by atoms with Crippen molar-refractivity contribution in [2.24, 2.45) is 0 Å². The first kappa shape index (κ1) is 11.1. The molecular formula is C16H14Mg. The van der Waals surface area contributed by atoms with Crippen LogP contribution in [0.15, 0.2) is 54.6 Å². The zero-order valence-corrected chi connectivity index (χ0v) is 11.5. The summed E-state index contributed by atoms with van der Waals surface area (Å²) < 4.78 is 0.702. The van der Waals surface area contributed by atoms with Gasteiger partial charge < -0.3 is 0 Å². The first-order valence-corrected chi connectivity index (χ1v) is 8.49. The lowest BCUT2D eigenvalue weighted by atomic mass is 10.0. The highest BCUT2D eigenvalue weighted by atomic mass is 24.5. The van der Waals surface area contributed by atoms with E-state index in [9.17, 15) is 0 Å². The molecule has 17 heavy (non-hydrogen) atoms. The van der Waals surface area contributed by atoms with Crippen LogP contribution in [-0.4, -0.2) is 20.4 Å². The Labute approximate surface area is 112 Å². The molecule has 1 aliphatic carbocycles. The van der Waals surface area contributed by atoms with Crippen LogP contribution in [-0.2, 0) is 0 Å². The molecule has 0 aromatic heterocycles. The minimum atomic E-state index is -0.0778. The molecule has 0 N–H and O–H groups in total. The molecule has 0 saturated heterocycles. The second-order valence-corrected chi connectivity index (χ2v) is 6.19. The fourth-order valence-electron chi connectivity index (χ4n) is 2.75. The van der Waals surface area contributed by atoms with Crippen LogP contribution < -0.4 is 0 Å². The Bertz CT molecular complexity index is 555. The summed E-state index contributed by atoms with van der Waals surface area (Å²) in [6, 6.07) is 19.6. The molecule has 0 amide bonds. The first-order chi connectivity index (χ1) is 8.40. The van der Waals surface area contributed by atoms with Crippen molar-refractivity contribution in [3.63, 3.8) is 0 Å². The van der Waals surface area contributed by atoms with Crippen LogP contribution in [0.3, 0.4) is 0 Å². The van der Waals surface area contributed by atoms with E-state index in [2.05, 4.69) is 65.7 Å². The fourth-order valence-corrected chi connectivity index (χ4v) is 4.36. The van der Waals surface area contributed by atoms with Crippen molar-refractivity contribution < 1.29 is 0 Å². The topological polar surface area (TPSA) is 0 Å². The van der Waals surface area contributed by atoms with Gasteiger partial charge in [0.15, 0.2) is 0 Å². The SMILES string of the molecule is [CH3][Mg][CH]1C(c2ccccc2)=Cc2ccccc21. The molecule has 0 saturated carbocycles. The van der Waals surface area contributed by atoms with Crippen LogP contribution in [0.4, 0.5) is 0 Å². The summed E-state index contributed by atoms with van der Waals surface area (Å²) in [4.78, 5) is 0. The summed E-state index contributed by atoms with van der Waals surface area (Å²) in [5.74, 6) is 0. The third kappa shape index (κ3) is 1.94. The van der Waals surface area contributed by atoms with Crippen molar-refractivity contribution in [3.05, 3.63) is 71.3 Å². The fraction of sp³-hybridized carbons (Fsp3) is 0.125. The molecule has 3 rings (SSSR count). The van der Waals surface area contributed by atoms with Gasteiger partial charge in [-0.2, -0.15) is 5.05 Å². The van der Waals surface area contributed by atoms with E-state index in [0.717, 1.165) is 0 Å². The van der Waals surface area contributed by atoms with Crippen LogP contribution in [0.1, 0.15) is 20.7 Å². The van der Waals surface area contributed by atoms with Crippen molar-refractivity contribution in [1.29, 1.82) is 0 Å².